The highest BCUT2D eigenvalue weighted by atomic mass is 32.3. The summed E-state index contributed by atoms with van der Waals surface area (Å²) in [4.78, 5) is 11.7. The van der Waals surface area contributed by atoms with Crippen LogP contribution in [0.2, 0.25) is 0 Å². The van der Waals surface area contributed by atoms with Crippen molar-refractivity contribution in [2.75, 3.05) is 18.3 Å². The third kappa shape index (κ3) is 6.03. The van der Waals surface area contributed by atoms with Crippen LogP contribution in [0.1, 0.15) is 26.2 Å². The number of ketones is 1. The first-order chi connectivity index (χ1) is 16.7. The number of alkyl halides is 17. The molecular formula is C16H17F17O4S2. The highest BCUT2D eigenvalue weighted by molar-refractivity contribution is 8.32. The first-order valence-corrected chi connectivity index (χ1v) is 13.5. The van der Waals surface area contributed by atoms with Gasteiger partial charge in [0.2, 0.25) is 0 Å². The van der Waals surface area contributed by atoms with Crippen LogP contribution < -0.4 is 0 Å². The summed E-state index contributed by atoms with van der Waals surface area (Å²) >= 11 is 0. The van der Waals surface area contributed by atoms with Crippen LogP contribution in [0.4, 0.5) is 74.6 Å². The van der Waals surface area contributed by atoms with Gasteiger partial charge in [-0.1, -0.05) is 13.3 Å². The van der Waals surface area contributed by atoms with Crippen molar-refractivity contribution in [1.29, 1.82) is 0 Å². The standard InChI is InChI=1S/C16H17F17O4S2/c1-4-5-6-8(34)7-38(2,3)37-39(35,36)16(32,33)14(27,28)12(23,24)10(19,20)9(17,18)11(21,22)13(25,26)15(29,30)31/h4-7H2,1-3H3. The maximum atomic E-state index is 14.1. The monoisotopic (exact) mass is 660 g/mol. The van der Waals surface area contributed by atoms with Crippen molar-refractivity contribution < 1.29 is 91.5 Å². The molecule has 0 aromatic heterocycles. The highest BCUT2D eigenvalue weighted by Crippen LogP contribution is 2.65. The van der Waals surface area contributed by atoms with E-state index in [0.717, 1.165) is 0 Å². The van der Waals surface area contributed by atoms with Crippen molar-refractivity contribution in [2.24, 2.45) is 0 Å². The molecule has 0 aromatic carbocycles. The second kappa shape index (κ2) is 10.5. The molecule has 0 saturated carbocycles. The van der Waals surface area contributed by atoms with Gasteiger partial charge in [0.15, 0.2) is 0 Å². The fourth-order valence-electron chi connectivity index (χ4n) is 2.45. The lowest BCUT2D eigenvalue weighted by molar-refractivity contribution is -0.458. The number of Topliss-reactive ketones (excluding diaryl/α,β-unsaturated/α-hetero) is 1. The van der Waals surface area contributed by atoms with E-state index in [-0.39, 0.29) is 12.8 Å². The third-order valence-electron chi connectivity index (χ3n) is 4.60. The fourth-order valence-corrected chi connectivity index (χ4v) is 6.29. The Morgan fingerprint density at radius 1 is 0.615 bits per heavy atom. The molecule has 0 aliphatic carbocycles. The van der Waals surface area contributed by atoms with E-state index >= 15 is 0 Å². The predicted octanol–water partition coefficient (Wildman–Crippen LogP) is 7.04. The van der Waals surface area contributed by atoms with Crippen LogP contribution in [0.3, 0.4) is 0 Å². The minimum atomic E-state index is -8.92. The molecule has 0 amide bonds. The molecule has 0 atom stereocenters. The second-order valence-electron chi connectivity index (χ2n) is 8.21. The zero-order valence-corrected chi connectivity index (χ0v) is 20.8. The van der Waals surface area contributed by atoms with Crippen molar-refractivity contribution in [3.8, 4) is 0 Å². The SMILES string of the molecule is CCCCC(=O)CS(C)(C)OS(=O)(=O)C(F)(F)C(F)(F)C(F)(F)C(F)(F)C(F)(F)C(F)(F)C(F)(F)C(F)(F)F. The van der Waals surface area contributed by atoms with E-state index in [1.165, 1.54) is 6.92 Å². The summed E-state index contributed by atoms with van der Waals surface area (Å²) in [6, 6.07) is 0. The van der Waals surface area contributed by atoms with Crippen molar-refractivity contribution >= 4 is 26.2 Å². The molecule has 4 nitrogen and oxygen atoms in total. The largest absolute Gasteiger partial charge is 0.460 e. The average molecular weight is 660 g/mol. The smallest absolute Gasteiger partial charge is 0.299 e. The Balaban J connectivity index is 6.73. The van der Waals surface area contributed by atoms with Crippen LogP contribution >= 0.6 is 10.3 Å². The zero-order chi connectivity index (χ0) is 32.1. The van der Waals surface area contributed by atoms with E-state index in [1.807, 2.05) is 0 Å². The molecule has 0 bridgehead atoms. The molecule has 236 valence electrons. The van der Waals surface area contributed by atoms with E-state index in [9.17, 15) is 87.8 Å². The maximum absolute atomic E-state index is 14.1. The molecule has 0 unspecified atom stereocenters. The molecule has 0 spiro atoms. The number of hydrogen-bond acceptors (Lipinski definition) is 4. The zero-order valence-electron chi connectivity index (χ0n) is 19.2. The summed E-state index contributed by atoms with van der Waals surface area (Å²) in [6.45, 7) is 1.54. The number of rotatable bonds is 14. The Morgan fingerprint density at radius 2 is 0.949 bits per heavy atom. The van der Waals surface area contributed by atoms with Gasteiger partial charge in [-0.2, -0.15) is 83.1 Å². The number of hydrogen-bond donors (Lipinski definition) is 0. The topological polar surface area (TPSA) is 60.4 Å². The molecule has 23 heteroatoms. The van der Waals surface area contributed by atoms with Crippen LogP contribution in [-0.2, 0) is 18.5 Å². The van der Waals surface area contributed by atoms with E-state index in [2.05, 4.69) is 3.63 Å². The Bertz CT molecular complexity index is 1000. The highest BCUT2D eigenvalue weighted by Gasteiger charge is 2.96. The summed E-state index contributed by atoms with van der Waals surface area (Å²) in [7, 11) is -11.5. The molecule has 39 heavy (non-hydrogen) atoms. The van der Waals surface area contributed by atoms with E-state index in [1.54, 1.807) is 0 Å². The number of halogens is 17. The van der Waals surface area contributed by atoms with Crippen molar-refractivity contribution in [3.05, 3.63) is 0 Å². The lowest BCUT2D eigenvalue weighted by Crippen LogP contribution is -2.75. The Morgan fingerprint density at radius 3 is 1.28 bits per heavy atom. The molecule has 0 radical (unpaired) electrons. The maximum Gasteiger partial charge on any atom is 0.460 e. The van der Waals surface area contributed by atoms with Crippen LogP contribution in [0, 0.1) is 0 Å². The Hall–Kier alpha value is -1.26. The summed E-state index contributed by atoms with van der Waals surface area (Å²) in [5.41, 5.74) is 0. The number of unbranched alkanes of at least 4 members (excludes halogenated alkanes) is 1. The molecule has 0 aromatic rings. The minimum Gasteiger partial charge on any atom is -0.299 e. The van der Waals surface area contributed by atoms with Gasteiger partial charge in [0.25, 0.3) is 0 Å². The Labute approximate surface area is 209 Å². The Kier molecular flexibility index (Phi) is 10.2. The molecule has 0 saturated heterocycles. The summed E-state index contributed by atoms with van der Waals surface area (Å²) < 4.78 is 253. The van der Waals surface area contributed by atoms with E-state index in [0.29, 0.717) is 18.9 Å². The number of carbonyl (C=O) groups is 1. The third-order valence-corrected chi connectivity index (χ3v) is 8.69. The lowest BCUT2D eigenvalue weighted by Gasteiger charge is -2.42. The molecule has 0 N–H and O–H groups in total. The lowest BCUT2D eigenvalue weighted by atomic mass is 9.91. The van der Waals surface area contributed by atoms with Crippen LogP contribution in [0.15, 0.2) is 0 Å². The van der Waals surface area contributed by atoms with Gasteiger partial charge in [-0.15, -0.1) is 10.3 Å². The van der Waals surface area contributed by atoms with Gasteiger partial charge >= 0.3 is 57.1 Å². The van der Waals surface area contributed by atoms with Crippen LogP contribution in [-0.4, -0.2) is 79.4 Å². The number of carbonyl (C=O) groups excluding carboxylic acids is 1. The normalized spacial score (nSPS) is 16.4. The quantitative estimate of drug-likeness (QED) is 0.188. The molecule has 0 aliphatic rings. The van der Waals surface area contributed by atoms with Gasteiger partial charge in [-0.25, -0.2) is 3.63 Å². The molecule has 0 heterocycles. The fraction of sp³-hybridized carbons (Fsp3) is 0.938. The minimum absolute atomic E-state index is 0.114. The van der Waals surface area contributed by atoms with Gasteiger partial charge in [0, 0.05) is 6.42 Å². The first-order valence-electron chi connectivity index (χ1n) is 9.56. The molecule has 0 rings (SSSR count). The van der Waals surface area contributed by atoms with E-state index < -0.39 is 78.9 Å². The van der Waals surface area contributed by atoms with Crippen LogP contribution in [0.25, 0.3) is 0 Å². The van der Waals surface area contributed by atoms with E-state index in [4.69, 9.17) is 0 Å². The van der Waals surface area contributed by atoms with Gasteiger partial charge in [-0.3, -0.25) is 4.79 Å². The molecule has 0 aliphatic heterocycles. The molecular weight excluding hydrogens is 643 g/mol. The summed E-state index contributed by atoms with van der Waals surface area (Å²) in [5.74, 6) is -54.2. The van der Waals surface area contributed by atoms with Crippen molar-refractivity contribution in [3.63, 3.8) is 0 Å². The average Bonchev–Trinajstić information content (AvgIpc) is 2.68. The first kappa shape index (κ1) is 37.7. The van der Waals surface area contributed by atoms with Gasteiger partial charge in [-0.05, 0) is 18.9 Å². The van der Waals surface area contributed by atoms with Crippen LogP contribution in [0.5, 0.6) is 0 Å². The van der Waals surface area contributed by atoms with Crippen molar-refractivity contribution in [2.45, 2.75) is 73.2 Å². The predicted molar refractivity (Wildman–Crippen MR) is 99.5 cm³/mol. The van der Waals surface area contributed by atoms with Gasteiger partial charge < -0.3 is 0 Å². The second-order valence-corrected chi connectivity index (χ2v) is 13.3. The van der Waals surface area contributed by atoms with Crippen molar-refractivity contribution in [1.82, 2.24) is 0 Å². The molecule has 0 fully saturated rings. The van der Waals surface area contributed by atoms with Gasteiger partial charge in [0.1, 0.15) is 5.78 Å². The summed E-state index contributed by atoms with van der Waals surface area (Å²) in [5, 5.41) is -7.76. The van der Waals surface area contributed by atoms with Gasteiger partial charge in [0.05, 0.1) is 5.75 Å². The summed E-state index contributed by atoms with van der Waals surface area (Å²) in [6.07, 6.45) is -6.88.